The van der Waals surface area contributed by atoms with E-state index in [2.05, 4.69) is 10.3 Å². The first-order chi connectivity index (χ1) is 15.0. The molecule has 5 nitrogen and oxygen atoms in total. The van der Waals surface area contributed by atoms with Gasteiger partial charge in [0.05, 0.1) is 0 Å². The van der Waals surface area contributed by atoms with Crippen molar-refractivity contribution in [3.63, 3.8) is 0 Å². The lowest BCUT2D eigenvalue weighted by atomic mass is 9.96. The molecule has 4 N–H and O–H groups in total. The molecular formula is C26H24N2O3. The van der Waals surface area contributed by atoms with Crippen molar-refractivity contribution < 1.29 is 15.0 Å². The Bertz CT molecular complexity index is 1270. The number of aryl methyl sites for hydroxylation is 1. The Kier molecular flexibility index (Phi) is 5.50. The summed E-state index contributed by atoms with van der Waals surface area (Å²) < 4.78 is 0. The number of phenols is 2. The van der Waals surface area contributed by atoms with E-state index in [1.54, 1.807) is 31.3 Å². The molecule has 3 aromatic carbocycles. The van der Waals surface area contributed by atoms with Crippen molar-refractivity contribution in [1.29, 1.82) is 0 Å². The van der Waals surface area contributed by atoms with Gasteiger partial charge in [0.2, 0.25) is 5.91 Å². The second-order valence-corrected chi connectivity index (χ2v) is 7.52. The van der Waals surface area contributed by atoms with Crippen molar-refractivity contribution >= 4 is 22.9 Å². The zero-order chi connectivity index (χ0) is 22.0. The van der Waals surface area contributed by atoms with Crippen molar-refractivity contribution in [3.8, 4) is 22.8 Å². The van der Waals surface area contributed by atoms with Crippen molar-refractivity contribution in [2.75, 3.05) is 7.05 Å². The molecule has 0 aliphatic rings. The van der Waals surface area contributed by atoms with E-state index in [0.717, 1.165) is 44.4 Å². The van der Waals surface area contributed by atoms with Gasteiger partial charge in [-0.1, -0.05) is 24.3 Å². The molecule has 0 atom stereocenters. The second-order valence-electron chi connectivity index (χ2n) is 7.52. The number of amides is 1. The lowest BCUT2D eigenvalue weighted by Gasteiger charge is -2.09. The molecular weight excluding hydrogens is 388 g/mol. The number of phenolic OH excluding ortho intramolecular Hbond substituents is 2. The molecule has 0 fully saturated rings. The zero-order valence-corrected chi connectivity index (χ0v) is 17.4. The average Bonchev–Trinajstić information content (AvgIpc) is 3.12. The molecule has 1 heterocycles. The van der Waals surface area contributed by atoms with Gasteiger partial charge in [0, 0.05) is 41.7 Å². The van der Waals surface area contributed by atoms with Crippen molar-refractivity contribution in [3.05, 3.63) is 89.0 Å². The fourth-order valence-corrected chi connectivity index (χ4v) is 3.82. The molecule has 4 rings (SSSR count). The summed E-state index contributed by atoms with van der Waals surface area (Å²) in [5.41, 5.74) is 6.81. The topological polar surface area (TPSA) is 85.4 Å². The molecule has 0 radical (unpaired) electrons. The number of fused-ring (bicyclic) bond motifs is 1. The fraction of sp³-hybridized carbons (Fsp3) is 0.115. The molecule has 0 aliphatic carbocycles. The Balaban J connectivity index is 1.69. The lowest BCUT2D eigenvalue weighted by molar-refractivity contribution is -0.115. The van der Waals surface area contributed by atoms with Crippen LogP contribution in [0.25, 0.3) is 28.2 Å². The molecule has 156 valence electrons. The Morgan fingerprint density at radius 3 is 2.39 bits per heavy atom. The lowest BCUT2D eigenvalue weighted by Crippen LogP contribution is -2.13. The number of carbonyl (C=O) groups is 1. The van der Waals surface area contributed by atoms with E-state index in [4.69, 9.17) is 0 Å². The Labute approximate surface area is 180 Å². The monoisotopic (exact) mass is 412 g/mol. The highest BCUT2D eigenvalue weighted by Crippen LogP contribution is 2.37. The molecule has 0 bridgehead atoms. The van der Waals surface area contributed by atoms with Gasteiger partial charge in [-0.25, -0.2) is 0 Å². The van der Waals surface area contributed by atoms with Crippen LogP contribution in [0.15, 0.2) is 66.7 Å². The molecule has 5 heteroatoms. The van der Waals surface area contributed by atoms with Crippen LogP contribution in [0.3, 0.4) is 0 Å². The van der Waals surface area contributed by atoms with Crippen LogP contribution in [-0.2, 0) is 11.2 Å². The van der Waals surface area contributed by atoms with Crippen LogP contribution < -0.4 is 5.32 Å². The first-order valence-electron chi connectivity index (χ1n) is 10.1. The van der Waals surface area contributed by atoms with Gasteiger partial charge in [0.25, 0.3) is 0 Å². The SMILES string of the molecule is CNC(=O)C=Cc1ccc(Cc2c(O)ccc3[nH]c(-c4ccc(O)cc4)c(C)c23)cc1. The highest BCUT2D eigenvalue weighted by atomic mass is 16.3. The third kappa shape index (κ3) is 4.16. The molecule has 1 amide bonds. The predicted molar refractivity (Wildman–Crippen MR) is 124 cm³/mol. The van der Waals surface area contributed by atoms with Crippen LogP contribution in [0.4, 0.5) is 0 Å². The summed E-state index contributed by atoms with van der Waals surface area (Å²) in [6.07, 6.45) is 3.84. The molecule has 0 spiro atoms. The summed E-state index contributed by atoms with van der Waals surface area (Å²) in [5.74, 6) is 0.341. The first-order valence-corrected chi connectivity index (χ1v) is 10.1. The standard InChI is InChI=1S/C26H24N2O3/c1-16-25-21(15-18-5-3-17(4-6-18)7-14-24(31)27-2)23(30)13-12-22(25)28-26(16)19-8-10-20(29)11-9-19/h3-14,28-30H,15H2,1-2H3,(H,27,31). The smallest absolute Gasteiger partial charge is 0.243 e. The first kappa shape index (κ1) is 20.3. The number of hydrogen-bond donors (Lipinski definition) is 4. The van der Waals surface area contributed by atoms with Crippen molar-refractivity contribution in [1.82, 2.24) is 10.3 Å². The molecule has 0 aliphatic heterocycles. The summed E-state index contributed by atoms with van der Waals surface area (Å²) in [6, 6.07) is 18.6. The zero-order valence-electron chi connectivity index (χ0n) is 17.4. The number of carbonyl (C=O) groups excluding carboxylic acids is 1. The van der Waals surface area contributed by atoms with Gasteiger partial charge in [-0.3, -0.25) is 4.79 Å². The number of nitrogens with one attached hydrogen (secondary N) is 2. The van der Waals surface area contributed by atoms with E-state index in [9.17, 15) is 15.0 Å². The van der Waals surface area contributed by atoms with Crippen LogP contribution in [-0.4, -0.2) is 28.2 Å². The summed E-state index contributed by atoms with van der Waals surface area (Å²) in [6.45, 7) is 2.04. The van der Waals surface area contributed by atoms with Gasteiger partial charge in [0.1, 0.15) is 11.5 Å². The molecule has 0 saturated carbocycles. The summed E-state index contributed by atoms with van der Waals surface area (Å²) in [5, 5.41) is 23.8. The third-order valence-corrected chi connectivity index (χ3v) is 5.49. The summed E-state index contributed by atoms with van der Waals surface area (Å²) >= 11 is 0. The Hall–Kier alpha value is -3.99. The minimum atomic E-state index is -0.145. The van der Waals surface area contributed by atoms with E-state index >= 15 is 0 Å². The highest BCUT2D eigenvalue weighted by molar-refractivity contribution is 5.95. The van der Waals surface area contributed by atoms with Crippen LogP contribution in [0.1, 0.15) is 22.3 Å². The van der Waals surface area contributed by atoms with Crippen LogP contribution in [0, 0.1) is 6.92 Å². The third-order valence-electron chi connectivity index (χ3n) is 5.49. The molecule has 31 heavy (non-hydrogen) atoms. The summed E-state index contributed by atoms with van der Waals surface area (Å²) in [4.78, 5) is 14.8. The van der Waals surface area contributed by atoms with E-state index in [1.807, 2.05) is 49.4 Å². The number of rotatable bonds is 5. The number of H-pyrrole nitrogens is 1. The second kappa shape index (κ2) is 8.40. The average molecular weight is 412 g/mol. The molecule has 4 aromatic rings. The maximum Gasteiger partial charge on any atom is 0.243 e. The van der Waals surface area contributed by atoms with Crippen LogP contribution >= 0.6 is 0 Å². The number of hydrogen-bond acceptors (Lipinski definition) is 3. The fourth-order valence-electron chi connectivity index (χ4n) is 3.82. The molecule has 0 saturated heterocycles. The summed E-state index contributed by atoms with van der Waals surface area (Å²) in [7, 11) is 1.60. The van der Waals surface area contributed by atoms with Gasteiger partial charge >= 0.3 is 0 Å². The highest BCUT2D eigenvalue weighted by Gasteiger charge is 2.16. The minimum absolute atomic E-state index is 0.145. The van der Waals surface area contributed by atoms with E-state index in [-0.39, 0.29) is 17.4 Å². The Morgan fingerprint density at radius 2 is 1.71 bits per heavy atom. The van der Waals surface area contributed by atoms with E-state index < -0.39 is 0 Å². The quantitative estimate of drug-likeness (QED) is 0.352. The predicted octanol–water partition coefficient (Wildman–Crippen LogP) is 4.90. The van der Waals surface area contributed by atoms with Gasteiger partial charge in [-0.15, -0.1) is 0 Å². The largest absolute Gasteiger partial charge is 0.508 e. The van der Waals surface area contributed by atoms with Gasteiger partial charge < -0.3 is 20.5 Å². The minimum Gasteiger partial charge on any atom is -0.508 e. The normalized spacial score (nSPS) is 11.3. The molecule has 1 aromatic heterocycles. The number of aromatic hydroxyl groups is 2. The van der Waals surface area contributed by atoms with Gasteiger partial charge in [-0.05, 0) is 71.7 Å². The van der Waals surface area contributed by atoms with Crippen LogP contribution in [0.5, 0.6) is 11.5 Å². The maximum absolute atomic E-state index is 11.4. The number of aromatic amines is 1. The Morgan fingerprint density at radius 1 is 1.00 bits per heavy atom. The number of likely N-dealkylation sites (N-methyl/N-ethyl adjacent to an activating group) is 1. The van der Waals surface area contributed by atoms with Gasteiger partial charge in [-0.2, -0.15) is 0 Å². The van der Waals surface area contributed by atoms with Gasteiger partial charge in [0.15, 0.2) is 0 Å². The van der Waals surface area contributed by atoms with E-state index in [0.29, 0.717) is 6.42 Å². The number of benzene rings is 3. The van der Waals surface area contributed by atoms with E-state index in [1.165, 1.54) is 6.08 Å². The molecule has 0 unspecified atom stereocenters. The van der Waals surface area contributed by atoms with Crippen LogP contribution in [0.2, 0.25) is 0 Å². The maximum atomic E-state index is 11.4. The van der Waals surface area contributed by atoms with Crippen molar-refractivity contribution in [2.45, 2.75) is 13.3 Å². The number of aromatic nitrogens is 1. The van der Waals surface area contributed by atoms with Crippen molar-refractivity contribution in [2.24, 2.45) is 0 Å².